The highest BCUT2D eigenvalue weighted by Gasteiger charge is 2.35. The van der Waals surface area contributed by atoms with Crippen molar-refractivity contribution in [3.63, 3.8) is 0 Å². The topological polar surface area (TPSA) is 101 Å². The van der Waals surface area contributed by atoms with Gasteiger partial charge in [-0.15, -0.1) is 0 Å². The van der Waals surface area contributed by atoms with E-state index in [0.29, 0.717) is 43.3 Å². The molecule has 4 rings (SSSR count). The van der Waals surface area contributed by atoms with Crippen LogP contribution in [0.25, 0.3) is 10.9 Å². The fraction of sp³-hybridized carbons (Fsp3) is 0.370. The Kier molecular flexibility index (Phi) is 7.11. The van der Waals surface area contributed by atoms with Crippen LogP contribution in [0.2, 0.25) is 0 Å². The Hall–Kier alpha value is -3.47. The summed E-state index contributed by atoms with van der Waals surface area (Å²) in [5, 5.41) is 11.6. The lowest BCUT2D eigenvalue weighted by molar-refractivity contribution is -0.136. The third-order valence-electron chi connectivity index (χ3n) is 6.52. The predicted molar refractivity (Wildman–Crippen MR) is 132 cm³/mol. The Morgan fingerprint density at radius 2 is 1.94 bits per heavy atom. The zero-order valence-electron chi connectivity index (χ0n) is 19.4. The monoisotopic (exact) mass is 458 g/mol. The van der Waals surface area contributed by atoms with Crippen LogP contribution in [0.1, 0.15) is 43.2 Å². The molecule has 0 aliphatic carbocycles. The summed E-state index contributed by atoms with van der Waals surface area (Å²) in [6.45, 7) is 3.40. The molecule has 3 aromatic rings. The first-order valence-corrected chi connectivity index (χ1v) is 11.6. The number of aromatic nitrogens is 2. The molecule has 34 heavy (non-hydrogen) atoms. The van der Waals surface area contributed by atoms with Crippen LogP contribution in [0.3, 0.4) is 0 Å². The molecule has 1 aliphatic heterocycles. The third-order valence-corrected chi connectivity index (χ3v) is 6.52. The molecule has 2 heterocycles. The number of aliphatic hydroxyl groups is 1. The van der Waals surface area contributed by atoms with Crippen molar-refractivity contribution in [3.05, 3.63) is 76.3 Å². The van der Waals surface area contributed by atoms with E-state index < -0.39 is 5.60 Å². The summed E-state index contributed by atoms with van der Waals surface area (Å²) in [7, 11) is 0. The molecule has 176 valence electrons. The number of fused-ring (bicyclic) bond motifs is 1. The van der Waals surface area contributed by atoms with Crippen molar-refractivity contribution in [1.29, 1.82) is 0 Å². The highest BCUT2D eigenvalue weighted by molar-refractivity contribution is 5.79. The largest absolute Gasteiger partial charge is 0.388 e. The maximum Gasteiger partial charge on any atom is 0.261 e. The van der Waals surface area contributed by atoms with Crippen LogP contribution in [0.5, 0.6) is 0 Å². The van der Waals surface area contributed by atoms with E-state index in [1.165, 1.54) is 10.9 Å². The van der Waals surface area contributed by atoms with E-state index >= 15 is 0 Å². The molecule has 0 bridgehead atoms. The Morgan fingerprint density at radius 3 is 2.65 bits per heavy atom. The molecule has 0 saturated carbocycles. The summed E-state index contributed by atoms with van der Waals surface area (Å²) in [5.74, 6) is 5.96. The third kappa shape index (κ3) is 5.36. The zero-order chi connectivity index (χ0) is 24.1. The number of benzene rings is 2. The van der Waals surface area contributed by atoms with E-state index in [4.69, 9.17) is 5.73 Å². The maximum atomic E-state index is 13.0. The van der Waals surface area contributed by atoms with Gasteiger partial charge in [-0.2, -0.15) is 0 Å². The van der Waals surface area contributed by atoms with Gasteiger partial charge in [0.05, 0.1) is 35.9 Å². The molecule has 3 N–H and O–H groups in total. The number of hydrogen-bond acceptors (Lipinski definition) is 5. The van der Waals surface area contributed by atoms with E-state index in [0.717, 1.165) is 11.1 Å². The van der Waals surface area contributed by atoms with Crippen LogP contribution >= 0.6 is 0 Å². The molecule has 1 fully saturated rings. The van der Waals surface area contributed by atoms with Gasteiger partial charge in [0, 0.05) is 25.1 Å². The van der Waals surface area contributed by atoms with Gasteiger partial charge < -0.3 is 15.7 Å². The molecule has 1 saturated heterocycles. The van der Waals surface area contributed by atoms with Crippen LogP contribution in [-0.2, 0) is 11.3 Å². The average molecular weight is 459 g/mol. The summed E-state index contributed by atoms with van der Waals surface area (Å²) in [5.41, 5.74) is 6.61. The number of piperidine rings is 1. The lowest BCUT2D eigenvalue weighted by atomic mass is 9.90. The molecule has 1 amide bonds. The van der Waals surface area contributed by atoms with Gasteiger partial charge in [-0.3, -0.25) is 14.2 Å². The Morgan fingerprint density at radius 1 is 1.21 bits per heavy atom. The molecule has 1 atom stereocenters. The number of hydrogen-bond donors (Lipinski definition) is 2. The molecular formula is C27H30N4O3. The maximum absolute atomic E-state index is 13.0. The number of likely N-dealkylation sites (tertiary alicyclic amines) is 1. The van der Waals surface area contributed by atoms with E-state index in [-0.39, 0.29) is 30.5 Å². The standard InChI is InChI=1S/C27H30N4O3/c1-20(22-7-3-2-4-8-22)16-25(32)30-14-11-27(34,12-15-30)18-31-19-29-24-17-21(6-5-13-28)9-10-23(24)26(31)33/h2-4,7-10,17,19-20,34H,11-16,18,28H2,1H3/t20-/m0/s1. The highest BCUT2D eigenvalue weighted by atomic mass is 16.3. The minimum Gasteiger partial charge on any atom is -0.388 e. The van der Waals surface area contributed by atoms with Crippen molar-refractivity contribution in [1.82, 2.24) is 14.5 Å². The van der Waals surface area contributed by atoms with Crippen molar-refractivity contribution in [3.8, 4) is 11.8 Å². The van der Waals surface area contributed by atoms with Gasteiger partial charge in [-0.05, 0) is 42.5 Å². The summed E-state index contributed by atoms with van der Waals surface area (Å²) in [6, 6.07) is 15.3. The average Bonchev–Trinajstić information content (AvgIpc) is 2.85. The number of rotatable bonds is 5. The van der Waals surface area contributed by atoms with Crippen molar-refractivity contribution in [2.24, 2.45) is 5.73 Å². The molecule has 1 aromatic heterocycles. The van der Waals surface area contributed by atoms with Gasteiger partial charge in [0.2, 0.25) is 5.91 Å². The summed E-state index contributed by atoms with van der Waals surface area (Å²) >= 11 is 0. The molecule has 0 spiro atoms. The van der Waals surface area contributed by atoms with Crippen LogP contribution in [0, 0.1) is 11.8 Å². The normalized spacial score (nSPS) is 16.0. The summed E-state index contributed by atoms with van der Waals surface area (Å²) in [6.07, 6.45) is 2.74. The zero-order valence-corrected chi connectivity index (χ0v) is 19.4. The molecule has 2 aromatic carbocycles. The summed E-state index contributed by atoms with van der Waals surface area (Å²) in [4.78, 5) is 32.0. The molecule has 0 radical (unpaired) electrons. The fourth-order valence-corrected chi connectivity index (χ4v) is 4.44. The minimum atomic E-state index is -1.06. The van der Waals surface area contributed by atoms with E-state index in [1.807, 2.05) is 35.2 Å². The molecule has 7 heteroatoms. The van der Waals surface area contributed by atoms with E-state index in [1.54, 1.807) is 18.2 Å². The first kappa shape index (κ1) is 23.7. The number of carbonyl (C=O) groups is 1. The summed E-state index contributed by atoms with van der Waals surface area (Å²) < 4.78 is 1.46. The molecule has 0 unspecified atom stereocenters. The van der Waals surface area contributed by atoms with E-state index in [2.05, 4.69) is 23.7 Å². The van der Waals surface area contributed by atoms with Crippen LogP contribution < -0.4 is 11.3 Å². The van der Waals surface area contributed by atoms with Crippen LogP contribution in [0.15, 0.2) is 59.7 Å². The predicted octanol–water partition coefficient (Wildman–Crippen LogP) is 2.25. The van der Waals surface area contributed by atoms with Gasteiger partial charge in [0.15, 0.2) is 0 Å². The van der Waals surface area contributed by atoms with Gasteiger partial charge in [-0.1, -0.05) is 49.1 Å². The molecule has 7 nitrogen and oxygen atoms in total. The van der Waals surface area contributed by atoms with Gasteiger partial charge in [0.25, 0.3) is 5.56 Å². The van der Waals surface area contributed by atoms with Crippen LogP contribution in [0.4, 0.5) is 0 Å². The number of nitrogens with two attached hydrogens (primary N) is 1. The number of amides is 1. The van der Waals surface area contributed by atoms with Crippen molar-refractivity contribution in [2.45, 2.75) is 44.2 Å². The number of carbonyl (C=O) groups excluding carboxylic acids is 1. The Labute approximate surface area is 199 Å². The van der Waals surface area contributed by atoms with Crippen molar-refractivity contribution >= 4 is 16.8 Å². The second kappa shape index (κ2) is 10.2. The molecular weight excluding hydrogens is 428 g/mol. The first-order valence-electron chi connectivity index (χ1n) is 11.6. The Bertz CT molecular complexity index is 1280. The van der Waals surface area contributed by atoms with Gasteiger partial charge in [-0.25, -0.2) is 4.98 Å². The first-order chi connectivity index (χ1) is 16.4. The second-order valence-corrected chi connectivity index (χ2v) is 9.04. The fourth-order valence-electron chi connectivity index (χ4n) is 4.44. The van der Waals surface area contributed by atoms with Gasteiger partial charge >= 0.3 is 0 Å². The van der Waals surface area contributed by atoms with E-state index in [9.17, 15) is 14.7 Å². The van der Waals surface area contributed by atoms with Crippen LogP contribution in [-0.4, -0.2) is 50.7 Å². The smallest absolute Gasteiger partial charge is 0.261 e. The van der Waals surface area contributed by atoms with Crippen molar-refractivity contribution in [2.75, 3.05) is 19.6 Å². The molecule has 1 aliphatic rings. The SMILES string of the molecule is C[C@@H](CC(=O)N1CCC(O)(Cn2cnc3cc(C#CCN)ccc3c2=O)CC1)c1ccccc1. The second-order valence-electron chi connectivity index (χ2n) is 9.04. The lowest BCUT2D eigenvalue weighted by Crippen LogP contribution is -2.49. The van der Waals surface area contributed by atoms with Crippen molar-refractivity contribution < 1.29 is 9.90 Å². The lowest BCUT2D eigenvalue weighted by Gasteiger charge is -2.38. The minimum absolute atomic E-state index is 0.0940. The quantitative estimate of drug-likeness (QED) is 0.571. The highest BCUT2D eigenvalue weighted by Crippen LogP contribution is 2.26. The van der Waals surface area contributed by atoms with Gasteiger partial charge in [0.1, 0.15) is 0 Å². The Balaban J connectivity index is 1.40. The number of nitrogens with zero attached hydrogens (tertiary/aromatic N) is 3.